The van der Waals surface area contributed by atoms with Crippen LogP contribution in [0.1, 0.15) is 50.7 Å². The van der Waals surface area contributed by atoms with Crippen LogP contribution >= 0.6 is 0 Å². The van der Waals surface area contributed by atoms with E-state index in [0.717, 1.165) is 67.4 Å². The quantitative estimate of drug-likeness (QED) is 0.136. The second-order valence-corrected chi connectivity index (χ2v) is 16.4. The molecule has 0 fully saturated rings. The average Bonchev–Trinajstić information content (AvgIpc) is 3.85. The molecule has 10 rings (SSSR count). The topological polar surface area (TPSA) is 37.9 Å². The molecule has 0 saturated carbocycles. The van der Waals surface area contributed by atoms with E-state index in [4.69, 9.17) is 16.3 Å². The molecule has 296 valence electrons. The SMILES string of the molecule is [C-]#[N+]c1cccc(N2CN(c3cccc(Oc4ccc5c6ccccc6n(-c6cc(-c7c(C(C)C)cc(-c8ccccc8)cc7C(C)C)ccn6)c5c4)c3)c3ccccc32)c1. The molecule has 1 aliphatic heterocycles. The fourth-order valence-electron chi connectivity index (χ4n) is 8.92. The monoisotopic (exact) mass is 791 g/mol. The molecule has 61 heavy (non-hydrogen) atoms. The van der Waals surface area contributed by atoms with Crippen molar-refractivity contribution in [3.63, 3.8) is 0 Å². The van der Waals surface area contributed by atoms with Gasteiger partial charge < -0.3 is 14.5 Å². The lowest BCUT2D eigenvalue weighted by Gasteiger charge is -2.23. The fourth-order valence-corrected chi connectivity index (χ4v) is 8.92. The van der Waals surface area contributed by atoms with Crippen molar-refractivity contribution in [3.05, 3.63) is 199 Å². The van der Waals surface area contributed by atoms with Gasteiger partial charge in [0.1, 0.15) is 24.0 Å². The van der Waals surface area contributed by atoms with Gasteiger partial charge in [-0.25, -0.2) is 9.83 Å². The Kier molecular flexibility index (Phi) is 9.58. The summed E-state index contributed by atoms with van der Waals surface area (Å²) in [6.07, 6.45) is 1.95. The average molecular weight is 792 g/mol. The van der Waals surface area contributed by atoms with E-state index < -0.39 is 0 Å². The summed E-state index contributed by atoms with van der Waals surface area (Å²) < 4.78 is 9.00. The Morgan fingerprint density at radius 2 is 1.18 bits per heavy atom. The number of hydrogen-bond donors (Lipinski definition) is 0. The summed E-state index contributed by atoms with van der Waals surface area (Å²) in [5, 5.41) is 2.30. The van der Waals surface area contributed by atoms with Crippen LogP contribution in [-0.4, -0.2) is 16.2 Å². The van der Waals surface area contributed by atoms with Gasteiger partial charge in [-0.05, 0) is 112 Å². The highest BCUT2D eigenvalue weighted by molar-refractivity contribution is 6.09. The number of fused-ring (bicyclic) bond motifs is 4. The molecule has 0 bridgehead atoms. The van der Waals surface area contributed by atoms with Gasteiger partial charge in [0.15, 0.2) is 5.69 Å². The molecule has 0 spiro atoms. The molecule has 2 aromatic heterocycles. The maximum atomic E-state index is 7.56. The van der Waals surface area contributed by atoms with E-state index in [2.05, 4.69) is 186 Å². The van der Waals surface area contributed by atoms with Gasteiger partial charge in [0.2, 0.25) is 0 Å². The highest BCUT2D eigenvalue weighted by Crippen LogP contribution is 2.46. The second kappa shape index (κ2) is 15.5. The van der Waals surface area contributed by atoms with E-state index in [-0.39, 0.29) is 0 Å². The van der Waals surface area contributed by atoms with Crippen LogP contribution in [-0.2, 0) is 0 Å². The number of ether oxygens (including phenoxy) is 1. The first-order chi connectivity index (χ1) is 29.8. The smallest absolute Gasteiger partial charge is 0.189 e. The summed E-state index contributed by atoms with van der Waals surface area (Å²) >= 11 is 0. The van der Waals surface area contributed by atoms with Crippen LogP contribution in [0, 0.1) is 6.57 Å². The Bertz CT molecular complexity index is 3110. The molecule has 3 heterocycles. The largest absolute Gasteiger partial charge is 0.457 e. The zero-order valence-corrected chi connectivity index (χ0v) is 34.7. The molecule has 1 aliphatic rings. The number of nitrogens with zero attached hydrogens (tertiary/aromatic N) is 5. The molecule has 6 heteroatoms. The van der Waals surface area contributed by atoms with Crippen molar-refractivity contribution in [1.29, 1.82) is 0 Å². The lowest BCUT2D eigenvalue weighted by Crippen LogP contribution is -2.23. The fraction of sp³-hybridized carbons (Fsp3) is 0.127. The predicted molar refractivity (Wildman–Crippen MR) is 252 cm³/mol. The summed E-state index contributed by atoms with van der Waals surface area (Å²) in [6.45, 7) is 17.3. The molecule has 9 aromatic rings. The summed E-state index contributed by atoms with van der Waals surface area (Å²) in [7, 11) is 0. The number of aromatic nitrogens is 2. The molecule has 0 atom stereocenters. The van der Waals surface area contributed by atoms with Gasteiger partial charge in [-0.2, -0.15) is 0 Å². The Hall–Kier alpha value is -7.62. The van der Waals surface area contributed by atoms with Crippen LogP contribution < -0.4 is 14.5 Å². The lowest BCUT2D eigenvalue weighted by molar-refractivity contribution is 0.483. The molecular formula is C55H45N5O. The number of rotatable bonds is 9. The van der Waals surface area contributed by atoms with E-state index in [9.17, 15) is 0 Å². The van der Waals surface area contributed by atoms with Crippen molar-refractivity contribution in [1.82, 2.24) is 9.55 Å². The van der Waals surface area contributed by atoms with Gasteiger partial charge in [0.05, 0.1) is 29.0 Å². The van der Waals surface area contributed by atoms with Gasteiger partial charge in [0, 0.05) is 40.5 Å². The van der Waals surface area contributed by atoms with Gasteiger partial charge in [-0.1, -0.05) is 119 Å². The third kappa shape index (κ3) is 6.84. The summed E-state index contributed by atoms with van der Waals surface area (Å²) in [5.41, 5.74) is 14.5. The zero-order valence-electron chi connectivity index (χ0n) is 34.7. The molecule has 6 nitrogen and oxygen atoms in total. The molecule has 0 radical (unpaired) electrons. The lowest BCUT2D eigenvalue weighted by atomic mass is 9.82. The van der Waals surface area contributed by atoms with Crippen molar-refractivity contribution in [2.24, 2.45) is 0 Å². The first-order valence-electron chi connectivity index (χ1n) is 21.0. The number of para-hydroxylation sites is 3. The van der Waals surface area contributed by atoms with Crippen molar-refractivity contribution < 1.29 is 4.74 Å². The van der Waals surface area contributed by atoms with Gasteiger partial charge in [-0.3, -0.25) is 4.57 Å². The number of pyridine rings is 1. The van der Waals surface area contributed by atoms with Crippen LogP contribution in [0.3, 0.4) is 0 Å². The first-order valence-corrected chi connectivity index (χ1v) is 21.0. The normalized spacial score (nSPS) is 12.4. The maximum Gasteiger partial charge on any atom is 0.189 e. The highest BCUT2D eigenvalue weighted by atomic mass is 16.5. The number of benzene rings is 7. The molecule has 0 saturated heterocycles. The minimum Gasteiger partial charge on any atom is -0.457 e. The van der Waals surface area contributed by atoms with Crippen molar-refractivity contribution in [2.45, 2.75) is 39.5 Å². The Balaban J connectivity index is 1.03. The maximum absolute atomic E-state index is 7.56. The van der Waals surface area contributed by atoms with Gasteiger partial charge in [-0.15, -0.1) is 0 Å². The third-order valence-corrected chi connectivity index (χ3v) is 11.8. The zero-order chi connectivity index (χ0) is 41.6. The molecule has 0 aliphatic carbocycles. The Morgan fingerprint density at radius 1 is 0.541 bits per heavy atom. The first kappa shape index (κ1) is 37.6. The summed E-state index contributed by atoms with van der Waals surface area (Å²) in [5.74, 6) is 2.98. The standard InChI is InChI=1S/C55H45N5O/c1-36(2)48-29-40(38-15-7-6-8-16-38)30-49(37(3)4)55(48)39-27-28-57-54(31-39)60-50-22-10-9-21-46(50)47-26-25-45(34-53(47)60)61-44-20-14-19-43(33-44)59-35-58(51-23-11-12-24-52(51)59)42-18-13-17-41(32-42)56-5/h6-34,36-37H,35H2,1-4H3. The van der Waals surface area contributed by atoms with Crippen molar-refractivity contribution in [3.8, 4) is 39.6 Å². The van der Waals surface area contributed by atoms with E-state index >= 15 is 0 Å². The minimum absolute atomic E-state index is 0.320. The van der Waals surface area contributed by atoms with Crippen molar-refractivity contribution in [2.75, 3.05) is 16.5 Å². The van der Waals surface area contributed by atoms with Crippen molar-refractivity contribution >= 4 is 50.2 Å². The molecule has 0 amide bonds. The van der Waals surface area contributed by atoms with E-state index in [1.807, 2.05) is 36.5 Å². The molecule has 0 N–H and O–H groups in total. The minimum atomic E-state index is 0.320. The van der Waals surface area contributed by atoms with Gasteiger partial charge in [0.25, 0.3) is 0 Å². The number of anilines is 4. The highest BCUT2D eigenvalue weighted by Gasteiger charge is 2.28. The summed E-state index contributed by atoms with van der Waals surface area (Å²) in [4.78, 5) is 13.3. The predicted octanol–water partition coefficient (Wildman–Crippen LogP) is 15.3. The molecule has 0 unspecified atom stereocenters. The van der Waals surface area contributed by atoms with Crippen LogP contribution in [0.15, 0.2) is 176 Å². The molecule has 7 aromatic carbocycles. The van der Waals surface area contributed by atoms with Gasteiger partial charge >= 0.3 is 0 Å². The van der Waals surface area contributed by atoms with E-state index in [1.54, 1.807) is 0 Å². The Labute approximate surface area is 357 Å². The third-order valence-electron chi connectivity index (χ3n) is 11.8. The summed E-state index contributed by atoms with van der Waals surface area (Å²) in [6, 6.07) is 59.3. The Morgan fingerprint density at radius 3 is 1.90 bits per heavy atom. The van der Waals surface area contributed by atoms with Crippen LogP contribution in [0.25, 0.3) is 54.7 Å². The van der Waals surface area contributed by atoms with E-state index in [1.165, 1.54) is 27.8 Å². The van der Waals surface area contributed by atoms with Crippen LogP contribution in [0.5, 0.6) is 11.5 Å². The van der Waals surface area contributed by atoms with Crippen LogP contribution in [0.4, 0.5) is 28.4 Å². The van der Waals surface area contributed by atoms with E-state index in [0.29, 0.717) is 24.2 Å². The second-order valence-electron chi connectivity index (χ2n) is 16.4. The molecular weight excluding hydrogens is 747 g/mol. The van der Waals surface area contributed by atoms with Crippen LogP contribution in [0.2, 0.25) is 0 Å². The number of hydrogen-bond acceptors (Lipinski definition) is 4.